The fraction of sp³-hybridized carbons (Fsp3) is 0. The molecule has 8 nitrogen and oxygen atoms in total. The van der Waals surface area contributed by atoms with Gasteiger partial charge in [0.05, 0.1) is 56.2 Å². The molecule has 9 aromatic heterocycles. The van der Waals surface area contributed by atoms with Crippen LogP contribution >= 0.6 is 11.3 Å². The van der Waals surface area contributed by atoms with E-state index in [4.69, 9.17) is 15.0 Å². The minimum absolute atomic E-state index is 0.941. The van der Waals surface area contributed by atoms with Crippen molar-refractivity contribution in [3.63, 3.8) is 0 Å². The molecular weight excluding hydrogens is 1620 g/mol. The summed E-state index contributed by atoms with van der Waals surface area (Å²) < 4.78 is 13.9. The monoisotopic (exact) mass is 1700 g/mol. The summed E-state index contributed by atoms with van der Waals surface area (Å²) in [6, 6.07) is 171. The van der Waals surface area contributed by atoms with Gasteiger partial charge in [0.2, 0.25) is 0 Å². The number of pyridine rings is 3. The van der Waals surface area contributed by atoms with Crippen molar-refractivity contribution in [2.24, 2.45) is 0 Å². The van der Waals surface area contributed by atoms with Gasteiger partial charge in [-0.15, -0.1) is 11.3 Å². The molecular formula is C123H82N8S. The molecule has 0 spiro atoms. The van der Waals surface area contributed by atoms with Crippen LogP contribution in [0.5, 0.6) is 0 Å². The highest BCUT2D eigenvalue weighted by atomic mass is 32.1. The van der Waals surface area contributed by atoms with E-state index in [1.54, 1.807) is 0 Å². The minimum Gasteiger partial charge on any atom is -0.309 e. The van der Waals surface area contributed by atoms with Crippen molar-refractivity contribution in [1.29, 1.82) is 0 Å². The minimum atomic E-state index is 0.941. The summed E-state index contributed by atoms with van der Waals surface area (Å²) >= 11 is 1.86. The van der Waals surface area contributed by atoms with Crippen LogP contribution in [0.1, 0.15) is 0 Å². The van der Waals surface area contributed by atoms with Gasteiger partial charge in [-0.1, -0.05) is 364 Å². The van der Waals surface area contributed by atoms with Crippen molar-refractivity contribution < 1.29 is 0 Å². The molecule has 0 aliphatic rings. The van der Waals surface area contributed by atoms with Crippen LogP contribution in [0, 0.1) is 0 Å². The Morgan fingerprint density at radius 1 is 0.159 bits per heavy atom. The van der Waals surface area contributed by atoms with E-state index in [1.165, 1.54) is 136 Å². The van der Waals surface area contributed by atoms with Gasteiger partial charge in [-0.2, -0.15) is 0 Å². The lowest BCUT2D eigenvalue weighted by atomic mass is 9.97. The number of fused-ring (bicyclic) bond motifs is 12. The van der Waals surface area contributed by atoms with Crippen LogP contribution in [0.25, 0.3) is 226 Å². The lowest BCUT2D eigenvalue weighted by Gasteiger charge is -2.11. The molecule has 0 fully saturated rings. The lowest BCUT2D eigenvalue weighted by molar-refractivity contribution is 1.18. The van der Waals surface area contributed by atoms with Crippen molar-refractivity contribution in [1.82, 2.24) is 37.3 Å². The van der Waals surface area contributed by atoms with Crippen molar-refractivity contribution in [2.45, 2.75) is 0 Å². The van der Waals surface area contributed by atoms with Crippen molar-refractivity contribution in [2.75, 3.05) is 0 Å². The van der Waals surface area contributed by atoms with Gasteiger partial charge in [-0.05, 0) is 182 Å². The normalized spacial score (nSPS) is 11.5. The van der Waals surface area contributed by atoms with E-state index in [2.05, 4.69) is 502 Å². The molecule has 0 atom stereocenters. The molecule has 0 aliphatic carbocycles. The second-order valence-electron chi connectivity index (χ2n) is 33.4. The first-order valence-electron chi connectivity index (χ1n) is 44.8. The van der Waals surface area contributed by atoms with Crippen LogP contribution in [-0.4, -0.2) is 37.3 Å². The zero-order valence-electron chi connectivity index (χ0n) is 71.8. The summed E-state index contributed by atoms with van der Waals surface area (Å²) in [6.45, 7) is 0. The van der Waals surface area contributed by atoms with Gasteiger partial charge in [-0.25, -0.2) is 15.0 Å². The molecule has 9 heteroatoms. The molecule has 0 amide bonds. The number of benzene rings is 17. The fourth-order valence-corrected chi connectivity index (χ4v) is 20.4. The highest BCUT2D eigenvalue weighted by molar-refractivity contribution is 7.25. The number of rotatable bonds is 14. The number of para-hydroxylation sites is 4. The molecule has 0 unspecified atom stereocenters. The van der Waals surface area contributed by atoms with Gasteiger partial charge < -0.3 is 9.13 Å². The highest BCUT2D eigenvalue weighted by Gasteiger charge is 2.23. The third-order valence-corrected chi connectivity index (χ3v) is 26.7. The van der Waals surface area contributed by atoms with Gasteiger partial charge in [-0.3, -0.25) is 13.2 Å². The van der Waals surface area contributed by atoms with Crippen LogP contribution in [-0.2, 0) is 0 Å². The van der Waals surface area contributed by atoms with E-state index in [1.807, 2.05) is 29.5 Å². The predicted octanol–water partition coefficient (Wildman–Crippen LogP) is 32.6. The Bertz CT molecular complexity index is 8730. The third-order valence-electron chi connectivity index (χ3n) is 25.6. The second-order valence-corrected chi connectivity index (χ2v) is 34.5. The maximum Gasteiger partial charge on any atom is 0.137 e. The van der Waals surface area contributed by atoms with E-state index in [0.29, 0.717) is 0 Å². The number of hydrogen-bond acceptors (Lipinski definition) is 4. The zero-order valence-corrected chi connectivity index (χ0v) is 72.6. The molecule has 0 N–H and O–H groups in total. The Kier molecular flexibility index (Phi) is 20.0. The molecule has 0 radical (unpaired) electrons. The van der Waals surface area contributed by atoms with Crippen molar-refractivity contribution in [3.05, 3.63) is 498 Å². The Labute approximate surface area is 767 Å². The fourth-order valence-electron chi connectivity index (χ4n) is 19.2. The average molecular weight is 1700 g/mol. The summed E-state index contributed by atoms with van der Waals surface area (Å²) in [5.74, 6) is 0. The van der Waals surface area contributed by atoms with Gasteiger partial charge in [0, 0.05) is 105 Å². The first kappa shape index (κ1) is 78.1. The summed E-state index contributed by atoms with van der Waals surface area (Å²) in [6.07, 6.45) is 6.26. The molecule has 0 saturated heterocycles. The van der Waals surface area contributed by atoms with Gasteiger partial charge in [0.1, 0.15) is 16.9 Å². The van der Waals surface area contributed by atoms with E-state index in [-0.39, 0.29) is 0 Å². The van der Waals surface area contributed by atoms with Crippen molar-refractivity contribution in [3.8, 4) is 146 Å². The van der Waals surface area contributed by atoms with Crippen LogP contribution < -0.4 is 0 Å². The Balaban J connectivity index is 0.000000110. The molecule has 26 rings (SSSR count). The van der Waals surface area contributed by atoms with E-state index in [9.17, 15) is 0 Å². The molecule has 9 heterocycles. The first-order valence-corrected chi connectivity index (χ1v) is 45.6. The van der Waals surface area contributed by atoms with Crippen molar-refractivity contribution >= 4 is 92.1 Å². The summed E-state index contributed by atoms with van der Waals surface area (Å²) in [4.78, 5) is 15.1. The zero-order chi connectivity index (χ0) is 87.4. The van der Waals surface area contributed by atoms with E-state index >= 15 is 0 Å². The maximum absolute atomic E-state index is 5.05. The smallest absolute Gasteiger partial charge is 0.137 e. The van der Waals surface area contributed by atoms with Gasteiger partial charge in [0.25, 0.3) is 0 Å². The molecule has 620 valence electrons. The molecule has 26 aromatic rings. The van der Waals surface area contributed by atoms with E-state index in [0.717, 1.165) is 90.2 Å². The molecule has 0 aliphatic heterocycles. The third kappa shape index (κ3) is 14.5. The highest BCUT2D eigenvalue weighted by Crippen LogP contribution is 2.44. The standard InChI is InChI=1S/2C43H29N3.C37H24N2S/c1-3-12-32(13-4-1)43-42(44-41-20-9-10-27-45(41)43)31-23-21-30(22-24-31)33-14-11-15-34(28-33)35-25-26-38-37-18-7-8-19-39(37)46(40(38)29-35)36-16-5-2-6-17-36;1-2-11-33(12-3-1)43-42(44-41-19-8-9-28-45(41)43)32-22-20-30(21-23-32)34-13-10-14-35(29-34)31-24-26-36(27-25-31)46-39-17-6-4-15-37(39)38-16-5-7-18-40(38)46;1-2-9-27(10-3-1)37-36(38-35-15-6-7-22-39(35)37)26-18-16-25(17-19-26)28-11-8-12-29(23-28)30-20-21-32-31-13-4-5-14-33(31)40-34(32)24-30/h2*1-29H;1-24H. The maximum atomic E-state index is 5.05. The first-order chi connectivity index (χ1) is 65.4. The van der Waals surface area contributed by atoms with Crippen LogP contribution in [0.15, 0.2) is 498 Å². The predicted molar refractivity (Wildman–Crippen MR) is 552 cm³/mol. The number of imidazole rings is 3. The van der Waals surface area contributed by atoms with Crippen LogP contribution in [0.4, 0.5) is 0 Å². The SMILES string of the molecule is c1ccc(-c2c(-c3ccc(-c4cccc(-c5ccc(-n6c7ccccc7c7ccccc76)cc5)c4)cc3)nc3ccccn23)cc1.c1ccc(-c2c(-c3ccc(-c4cccc(-c5ccc6c(c5)sc5ccccc56)c4)cc3)nc3ccccn23)cc1.c1ccc(-c2c(-c3ccc(-c4cccc(-c5ccc6c7ccccc7n(-c7ccccc7)c6c5)c4)cc3)nc3ccccn23)cc1. The molecule has 0 bridgehead atoms. The summed E-state index contributed by atoms with van der Waals surface area (Å²) in [5, 5.41) is 7.75. The molecule has 0 saturated carbocycles. The number of nitrogens with zero attached hydrogens (tertiary/aromatic N) is 8. The lowest BCUT2D eigenvalue weighted by Crippen LogP contribution is -1.93. The Morgan fingerprint density at radius 3 is 0.826 bits per heavy atom. The van der Waals surface area contributed by atoms with E-state index < -0.39 is 0 Å². The molecule has 17 aromatic carbocycles. The van der Waals surface area contributed by atoms with Crippen LogP contribution in [0.2, 0.25) is 0 Å². The summed E-state index contributed by atoms with van der Waals surface area (Å²) in [5.41, 5.74) is 37.5. The van der Waals surface area contributed by atoms with Crippen LogP contribution in [0.3, 0.4) is 0 Å². The molecule has 132 heavy (non-hydrogen) atoms. The number of thiophene rings is 1. The average Bonchev–Trinajstić information content (AvgIpc) is 1.58. The topological polar surface area (TPSA) is 61.8 Å². The quantitative estimate of drug-likeness (QED) is 0.109. The summed E-state index contributed by atoms with van der Waals surface area (Å²) in [7, 11) is 0. The number of aromatic nitrogens is 8. The Hall–Kier alpha value is -17.4. The van der Waals surface area contributed by atoms with Gasteiger partial charge in [0.15, 0.2) is 0 Å². The Morgan fingerprint density at radius 2 is 0.424 bits per heavy atom. The second kappa shape index (κ2) is 33.8. The number of hydrogen-bond donors (Lipinski definition) is 0. The van der Waals surface area contributed by atoms with Gasteiger partial charge >= 0.3 is 0 Å². The largest absolute Gasteiger partial charge is 0.309 e.